The third kappa shape index (κ3) is 5.92. The molecule has 142 valence electrons. The average molecular weight is 385 g/mol. The molecule has 0 saturated carbocycles. The van der Waals surface area contributed by atoms with Crippen LogP contribution in [-0.4, -0.2) is 36.5 Å². The van der Waals surface area contributed by atoms with Crippen molar-refractivity contribution >= 4 is 40.8 Å². The number of benzene rings is 2. The van der Waals surface area contributed by atoms with E-state index in [-0.39, 0.29) is 11.9 Å². The summed E-state index contributed by atoms with van der Waals surface area (Å²) in [5, 5.41) is 8.33. The summed E-state index contributed by atoms with van der Waals surface area (Å²) in [5.41, 5.74) is 3.66. The van der Waals surface area contributed by atoms with Crippen molar-refractivity contribution in [1.29, 1.82) is 0 Å². The normalized spacial score (nSPS) is 13.7. The van der Waals surface area contributed by atoms with Crippen molar-refractivity contribution in [2.75, 3.05) is 40.1 Å². The maximum absolute atomic E-state index is 12.1. The number of carbonyl (C=O) groups excluding carboxylic acids is 2. The smallest absolute Gasteiger partial charge is 0.319 e. The van der Waals surface area contributed by atoms with Crippen molar-refractivity contribution in [2.24, 2.45) is 0 Å². The molecule has 27 heavy (non-hydrogen) atoms. The van der Waals surface area contributed by atoms with Gasteiger partial charge in [0.2, 0.25) is 5.91 Å². The van der Waals surface area contributed by atoms with Crippen molar-refractivity contribution in [3.8, 4) is 0 Å². The van der Waals surface area contributed by atoms with E-state index >= 15 is 0 Å². The molecule has 7 heteroatoms. The first kappa shape index (κ1) is 19.1. The van der Waals surface area contributed by atoms with Gasteiger partial charge in [-0.1, -0.05) is 12.1 Å². The first-order valence-electron chi connectivity index (χ1n) is 8.94. The molecular formula is C20H24N4O2S. The highest BCUT2D eigenvalue weighted by Crippen LogP contribution is 2.20. The third-order valence-corrected chi connectivity index (χ3v) is 5.17. The number of anilines is 3. The molecule has 0 aromatic heterocycles. The van der Waals surface area contributed by atoms with Gasteiger partial charge in [-0.2, -0.15) is 11.8 Å². The van der Waals surface area contributed by atoms with Gasteiger partial charge in [0.25, 0.3) is 0 Å². The highest BCUT2D eigenvalue weighted by Gasteiger charge is 2.11. The number of hydrogen-bond acceptors (Lipinski definition) is 4. The van der Waals surface area contributed by atoms with Gasteiger partial charge in [0, 0.05) is 55.1 Å². The van der Waals surface area contributed by atoms with E-state index in [0.717, 1.165) is 18.7 Å². The molecular weight excluding hydrogens is 360 g/mol. The Bertz CT molecular complexity index is 772. The van der Waals surface area contributed by atoms with Gasteiger partial charge in [0.1, 0.15) is 0 Å². The fourth-order valence-electron chi connectivity index (χ4n) is 2.84. The zero-order valence-corrected chi connectivity index (χ0v) is 16.1. The number of nitrogens with zero attached hydrogens (tertiary/aromatic N) is 1. The lowest BCUT2D eigenvalue weighted by molar-refractivity contribution is -0.114. The molecule has 2 aromatic carbocycles. The van der Waals surface area contributed by atoms with Crippen molar-refractivity contribution in [1.82, 2.24) is 5.32 Å². The second-order valence-corrected chi connectivity index (χ2v) is 7.56. The Morgan fingerprint density at radius 3 is 2.11 bits per heavy atom. The number of amides is 3. The monoisotopic (exact) mass is 384 g/mol. The molecule has 1 aliphatic rings. The first-order valence-corrected chi connectivity index (χ1v) is 10.1. The van der Waals surface area contributed by atoms with Crippen LogP contribution < -0.4 is 20.9 Å². The largest absolute Gasteiger partial charge is 0.370 e. The number of hydrogen-bond donors (Lipinski definition) is 3. The fourth-order valence-corrected chi connectivity index (χ4v) is 3.75. The molecule has 1 saturated heterocycles. The lowest BCUT2D eigenvalue weighted by Gasteiger charge is -2.28. The Morgan fingerprint density at radius 1 is 0.926 bits per heavy atom. The van der Waals surface area contributed by atoms with Crippen LogP contribution in [0.25, 0.3) is 0 Å². The Balaban J connectivity index is 1.46. The summed E-state index contributed by atoms with van der Waals surface area (Å²) >= 11 is 2.00. The van der Waals surface area contributed by atoms with Gasteiger partial charge in [-0.15, -0.1) is 0 Å². The van der Waals surface area contributed by atoms with Gasteiger partial charge in [0.15, 0.2) is 0 Å². The third-order valence-electron chi connectivity index (χ3n) is 4.23. The maximum atomic E-state index is 12.1. The van der Waals surface area contributed by atoms with Gasteiger partial charge in [0.05, 0.1) is 0 Å². The summed E-state index contributed by atoms with van der Waals surface area (Å²) in [6, 6.07) is 15.1. The summed E-state index contributed by atoms with van der Waals surface area (Å²) in [7, 11) is 0. The topological polar surface area (TPSA) is 73.5 Å². The van der Waals surface area contributed by atoms with E-state index in [2.05, 4.69) is 45.1 Å². The van der Waals surface area contributed by atoms with Gasteiger partial charge < -0.3 is 20.9 Å². The Kier molecular flexibility index (Phi) is 6.59. The highest BCUT2D eigenvalue weighted by molar-refractivity contribution is 7.99. The van der Waals surface area contributed by atoms with Crippen LogP contribution in [0, 0.1) is 0 Å². The zero-order chi connectivity index (χ0) is 19.1. The summed E-state index contributed by atoms with van der Waals surface area (Å²) in [4.78, 5) is 25.5. The van der Waals surface area contributed by atoms with Crippen molar-refractivity contribution in [3.05, 3.63) is 54.1 Å². The number of carbonyl (C=O) groups is 2. The summed E-state index contributed by atoms with van der Waals surface area (Å²) in [6.45, 7) is 4.10. The number of thioether (sulfide) groups is 1. The van der Waals surface area contributed by atoms with E-state index in [1.54, 1.807) is 24.3 Å². The molecule has 6 nitrogen and oxygen atoms in total. The predicted octanol–water partition coefficient (Wildman–Crippen LogP) is 3.52. The van der Waals surface area contributed by atoms with Crippen LogP contribution >= 0.6 is 11.8 Å². The van der Waals surface area contributed by atoms with Crippen LogP contribution in [-0.2, 0) is 11.3 Å². The summed E-state index contributed by atoms with van der Waals surface area (Å²) in [6.07, 6.45) is 0. The molecule has 0 radical (unpaired) electrons. The number of urea groups is 1. The average Bonchev–Trinajstić information content (AvgIpc) is 2.69. The predicted molar refractivity (Wildman–Crippen MR) is 113 cm³/mol. The second-order valence-electron chi connectivity index (χ2n) is 6.33. The van der Waals surface area contributed by atoms with Gasteiger partial charge in [-0.25, -0.2) is 4.79 Å². The molecule has 2 aromatic rings. The molecule has 0 bridgehead atoms. The van der Waals surface area contributed by atoms with Crippen molar-refractivity contribution < 1.29 is 9.59 Å². The van der Waals surface area contributed by atoms with Crippen molar-refractivity contribution in [3.63, 3.8) is 0 Å². The zero-order valence-electron chi connectivity index (χ0n) is 15.3. The second kappa shape index (κ2) is 9.32. The van der Waals surface area contributed by atoms with E-state index in [4.69, 9.17) is 0 Å². The van der Waals surface area contributed by atoms with E-state index in [1.807, 2.05) is 11.8 Å². The molecule has 3 amide bonds. The molecule has 3 rings (SSSR count). The summed E-state index contributed by atoms with van der Waals surface area (Å²) < 4.78 is 0. The molecule has 0 aliphatic carbocycles. The van der Waals surface area contributed by atoms with Crippen LogP contribution in [0.3, 0.4) is 0 Å². The first-order chi connectivity index (χ1) is 13.1. The van der Waals surface area contributed by atoms with E-state index in [9.17, 15) is 9.59 Å². The lowest BCUT2D eigenvalue weighted by atomic mass is 10.2. The fraction of sp³-hybridized carbons (Fsp3) is 0.300. The molecule has 0 atom stereocenters. The maximum Gasteiger partial charge on any atom is 0.319 e. The Morgan fingerprint density at radius 2 is 1.52 bits per heavy atom. The number of nitrogens with one attached hydrogen (secondary N) is 3. The molecule has 0 spiro atoms. The quantitative estimate of drug-likeness (QED) is 0.737. The van der Waals surface area contributed by atoms with E-state index in [0.29, 0.717) is 17.9 Å². The summed E-state index contributed by atoms with van der Waals surface area (Å²) in [5.74, 6) is 2.23. The van der Waals surface area contributed by atoms with Crippen LogP contribution in [0.15, 0.2) is 48.5 Å². The molecule has 1 heterocycles. The highest BCUT2D eigenvalue weighted by atomic mass is 32.2. The van der Waals surface area contributed by atoms with E-state index < -0.39 is 0 Å². The van der Waals surface area contributed by atoms with Crippen molar-refractivity contribution in [2.45, 2.75) is 13.5 Å². The van der Waals surface area contributed by atoms with Crippen LogP contribution in [0.5, 0.6) is 0 Å². The Labute approximate surface area is 163 Å². The van der Waals surface area contributed by atoms with Crippen LogP contribution in [0.1, 0.15) is 12.5 Å². The SMILES string of the molecule is CC(=O)Nc1ccc(NC(=O)NCc2ccc(N3CCSCC3)cc2)cc1. The molecule has 0 unspecified atom stereocenters. The molecule has 1 aliphatic heterocycles. The van der Waals surface area contributed by atoms with Gasteiger partial charge in [-0.05, 0) is 42.0 Å². The minimum Gasteiger partial charge on any atom is -0.370 e. The lowest BCUT2D eigenvalue weighted by Crippen LogP contribution is -2.32. The van der Waals surface area contributed by atoms with Crippen LogP contribution in [0.4, 0.5) is 21.9 Å². The van der Waals surface area contributed by atoms with Gasteiger partial charge in [-0.3, -0.25) is 4.79 Å². The van der Waals surface area contributed by atoms with E-state index in [1.165, 1.54) is 24.1 Å². The standard InChI is InChI=1S/C20H24N4O2S/c1-15(25)22-17-4-6-18(7-5-17)23-20(26)21-14-16-2-8-19(9-3-16)24-10-12-27-13-11-24/h2-9H,10-14H2,1H3,(H,22,25)(H2,21,23,26). The molecule has 1 fully saturated rings. The molecule has 3 N–H and O–H groups in total. The minimum atomic E-state index is -0.264. The minimum absolute atomic E-state index is 0.126. The van der Waals surface area contributed by atoms with Crippen LogP contribution in [0.2, 0.25) is 0 Å². The van der Waals surface area contributed by atoms with Gasteiger partial charge >= 0.3 is 6.03 Å². The Hall–Kier alpha value is -2.67. The number of rotatable bonds is 5.